The molecule has 1 fully saturated rings. The van der Waals surface area contributed by atoms with Crippen molar-refractivity contribution in [2.75, 3.05) is 37.3 Å². The van der Waals surface area contributed by atoms with Crippen molar-refractivity contribution in [1.82, 2.24) is 25.1 Å². The molecule has 7 heteroatoms. The number of nitrogens with two attached hydrogens (primary N) is 1. The van der Waals surface area contributed by atoms with Crippen LogP contribution in [0, 0.1) is 0 Å². The number of nitrogens with zero attached hydrogens (tertiary/aromatic N) is 5. The van der Waals surface area contributed by atoms with E-state index in [4.69, 9.17) is 5.73 Å². The Labute approximate surface area is 111 Å². The Morgan fingerprint density at radius 3 is 3.05 bits per heavy atom. The number of H-pyrrole nitrogens is 1. The van der Waals surface area contributed by atoms with E-state index in [1.165, 1.54) is 0 Å². The molecule has 0 radical (unpaired) electrons. The number of hydrogen-bond donors (Lipinski definition) is 2. The summed E-state index contributed by atoms with van der Waals surface area (Å²) in [6.45, 7) is 5.15. The van der Waals surface area contributed by atoms with Crippen LogP contribution >= 0.6 is 0 Å². The lowest BCUT2D eigenvalue weighted by molar-refractivity contribution is 0.213. The minimum absolute atomic E-state index is 0.290. The largest absolute Gasteiger partial charge is 0.368 e. The summed E-state index contributed by atoms with van der Waals surface area (Å²) >= 11 is 0. The third-order valence-corrected chi connectivity index (χ3v) is 3.85. The zero-order chi connectivity index (χ0) is 13.4. The van der Waals surface area contributed by atoms with Gasteiger partial charge in [-0.3, -0.25) is 10.00 Å². The quantitative estimate of drug-likeness (QED) is 0.817. The van der Waals surface area contributed by atoms with Crippen LogP contribution in [0.2, 0.25) is 0 Å². The molecule has 0 saturated carbocycles. The molecule has 0 amide bonds. The summed E-state index contributed by atoms with van der Waals surface area (Å²) in [7, 11) is 2.17. The van der Waals surface area contributed by atoms with Gasteiger partial charge < -0.3 is 10.6 Å². The first-order valence-electron chi connectivity index (χ1n) is 6.60. The van der Waals surface area contributed by atoms with Gasteiger partial charge in [-0.25, -0.2) is 0 Å². The Kier molecular flexibility index (Phi) is 2.98. The molecule has 1 saturated heterocycles. The molecule has 3 rings (SSSR count). The number of anilines is 2. The van der Waals surface area contributed by atoms with Crippen LogP contribution in [-0.2, 0) is 0 Å². The van der Waals surface area contributed by atoms with E-state index in [2.05, 4.69) is 43.9 Å². The van der Waals surface area contributed by atoms with Gasteiger partial charge in [0.2, 0.25) is 5.95 Å². The van der Waals surface area contributed by atoms with Gasteiger partial charge in [-0.15, -0.1) is 0 Å². The number of aromatic nitrogens is 4. The first kappa shape index (κ1) is 12.2. The van der Waals surface area contributed by atoms with Gasteiger partial charge in [-0.2, -0.15) is 15.1 Å². The molecule has 2 aromatic rings. The van der Waals surface area contributed by atoms with Crippen molar-refractivity contribution < 1.29 is 0 Å². The maximum atomic E-state index is 5.78. The summed E-state index contributed by atoms with van der Waals surface area (Å²) in [5.41, 5.74) is 6.48. The second kappa shape index (κ2) is 4.65. The Morgan fingerprint density at radius 2 is 2.26 bits per heavy atom. The van der Waals surface area contributed by atoms with E-state index in [1.807, 2.05) is 0 Å². The van der Waals surface area contributed by atoms with E-state index in [-0.39, 0.29) is 0 Å². The van der Waals surface area contributed by atoms with E-state index >= 15 is 0 Å². The number of likely N-dealkylation sites (N-methyl/N-ethyl adjacent to an activating group) is 1. The second-order valence-corrected chi connectivity index (χ2v) is 5.03. The number of aromatic amines is 1. The van der Waals surface area contributed by atoms with Crippen molar-refractivity contribution in [3.63, 3.8) is 0 Å². The SMILES string of the molecule is CCC1CN(c2nc(N)nc3[nH]ncc23)CCN1C. The molecule has 2 aromatic heterocycles. The van der Waals surface area contributed by atoms with Crippen molar-refractivity contribution in [2.24, 2.45) is 0 Å². The lowest BCUT2D eigenvalue weighted by atomic mass is 10.1. The second-order valence-electron chi connectivity index (χ2n) is 5.03. The highest BCUT2D eigenvalue weighted by molar-refractivity contribution is 5.87. The number of piperazine rings is 1. The zero-order valence-corrected chi connectivity index (χ0v) is 11.3. The summed E-state index contributed by atoms with van der Waals surface area (Å²) in [4.78, 5) is 13.2. The number of rotatable bonds is 2. The molecule has 3 heterocycles. The minimum atomic E-state index is 0.290. The molecule has 3 N–H and O–H groups in total. The molecule has 1 atom stereocenters. The highest BCUT2D eigenvalue weighted by Gasteiger charge is 2.25. The molecule has 19 heavy (non-hydrogen) atoms. The Morgan fingerprint density at radius 1 is 1.42 bits per heavy atom. The smallest absolute Gasteiger partial charge is 0.224 e. The molecule has 1 aliphatic rings. The van der Waals surface area contributed by atoms with E-state index in [0.29, 0.717) is 17.6 Å². The lowest BCUT2D eigenvalue weighted by Gasteiger charge is -2.39. The monoisotopic (exact) mass is 261 g/mol. The normalized spacial score (nSPS) is 21.2. The van der Waals surface area contributed by atoms with Gasteiger partial charge in [0.1, 0.15) is 5.82 Å². The van der Waals surface area contributed by atoms with Crippen molar-refractivity contribution >= 4 is 22.8 Å². The van der Waals surface area contributed by atoms with Crippen molar-refractivity contribution in [1.29, 1.82) is 0 Å². The molecule has 0 aliphatic carbocycles. The van der Waals surface area contributed by atoms with Crippen LogP contribution in [0.25, 0.3) is 11.0 Å². The minimum Gasteiger partial charge on any atom is -0.368 e. The topological polar surface area (TPSA) is 87.0 Å². The third kappa shape index (κ3) is 2.10. The van der Waals surface area contributed by atoms with Crippen LogP contribution < -0.4 is 10.6 Å². The van der Waals surface area contributed by atoms with Crippen molar-refractivity contribution in [3.05, 3.63) is 6.20 Å². The Hall–Kier alpha value is -1.89. The summed E-state index contributed by atoms with van der Waals surface area (Å²) in [5.74, 6) is 1.18. The predicted octanol–water partition coefficient (Wildman–Crippen LogP) is 0.465. The van der Waals surface area contributed by atoms with E-state index in [0.717, 1.165) is 37.3 Å². The van der Waals surface area contributed by atoms with Crippen LogP contribution in [0.3, 0.4) is 0 Å². The van der Waals surface area contributed by atoms with Crippen LogP contribution in [0.5, 0.6) is 0 Å². The zero-order valence-electron chi connectivity index (χ0n) is 11.3. The maximum absolute atomic E-state index is 5.78. The Bertz CT molecular complexity index is 578. The van der Waals surface area contributed by atoms with Crippen LogP contribution in [0.15, 0.2) is 6.20 Å². The average Bonchev–Trinajstić information content (AvgIpc) is 2.86. The number of nitrogen functional groups attached to an aromatic ring is 1. The highest BCUT2D eigenvalue weighted by Crippen LogP contribution is 2.25. The summed E-state index contributed by atoms with van der Waals surface area (Å²) in [5, 5.41) is 7.83. The van der Waals surface area contributed by atoms with Crippen LogP contribution in [0.4, 0.5) is 11.8 Å². The average molecular weight is 261 g/mol. The molecule has 1 aliphatic heterocycles. The summed E-state index contributed by atoms with van der Waals surface area (Å²) in [6, 6.07) is 0.548. The predicted molar refractivity (Wildman–Crippen MR) is 75.0 cm³/mol. The molecule has 0 spiro atoms. The highest BCUT2D eigenvalue weighted by atomic mass is 15.3. The van der Waals surface area contributed by atoms with E-state index in [9.17, 15) is 0 Å². The van der Waals surface area contributed by atoms with Crippen LogP contribution in [-0.4, -0.2) is 57.8 Å². The first-order valence-corrected chi connectivity index (χ1v) is 6.60. The van der Waals surface area contributed by atoms with Gasteiger partial charge in [-0.1, -0.05) is 6.92 Å². The number of fused-ring (bicyclic) bond motifs is 1. The van der Waals surface area contributed by atoms with Crippen LogP contribution in [0.1, 0.15) is 13.3 Å². The molecular formula is C12H19N7. The molecule has 0 aromatic carbocycles. The lowest BCUT2D eigenvalue weighted by Crippen LogP contribution is -2.51. The summed E-state index contributed by atoms with van der Waals surface area (Å²) in [6.07, 6.45) is 2.89. The standard InChI is InChI=1S/C12H19N7/c1-3-8-7-19(5-4-18(8)2)11-9-6-14-17-10(9)15-12(13)16-11/h6,8H,3-5,7H2,1-2H3,(H3,13,14,15,16,17). The third-order valence-electron chi connectivity index (χ3n) is 3.85. The fourth-order valence-electron chi connectivity index (χ4n) is 2.66. The van der Waals surface area contributed by atoms with Gasteiger partial charge in [-0.05, 0) is 13.5 Å². The van der Waals surface area contributed by atoms with Gasteiger partial charge in [0.05, 0.1) is 11.6 Å². The molecular weight excluding hydrogens is 242 g/mol. The molecule has 1 unspecified atom stereocenters. The molecule has 102 valence electrons. The number of hydrogen-bond acceptors (Lipinski definition) is 6. The van der Waals surface area contributed by atoms with E-state index in [1.54, 1.807) is 6.20 Å². The van der Waals surface area contributed by atoms with Crippen molar-refractivity contribution in [2.45, 2.75) is 19.4 Å². The number of nitrogens with one attached hydrogen (secondary N) is 1. The molecule has 7 nitrogen and oxygen atoms in total. The van der Waals surface area contributed by atoms with Crippen molar-refractivity contribution in [3.8, 4) is 0 Å². The summed E-state index contributed by atoms with van der Waals surface area (Å²) < 4.78 is 0. The fourth-order valence-corrected chi connectivity index (χ4v) is 2.66. The van der Waals surface area contributed by atoms with Gasteiger partial charge in [0, 0.05) is 25.7 Å². The Balaban J connectivity index is 1.97. The maximum Gasteiger partial charge on any atom is 0.224 e. The van der Waals surface area contributed by atoms with Gasteiger partial charge >= 0.3 is 0 Å². The fraction of sp³-hybridized carbons (Fsp3) is 0.583. The van der Waals surface area contributed by atoms with Gasteiger partial charge in [0.25, 0.3) is 0 Å². The van der Waals surface area contributed by atoms with Gasteiger partial charge in [0.15, 0.2) is 5.65 Å². The van der Waals surface area contributed by atoms with E-state index < -0.39 is 0 Å². The molecule has 0 bridgehead atoms. The first-order chi connectivity index (χ1) is 9.19.